The van der Waals surface area contributed by atoms with Gasteiger partial charge in [0.25, 0.3) is 5.56 Å². The lowest BCUT2D eigenvalue weighted by molar-refractivity contribution is 0.103. The summed E-state index contributed by atoms with van der Waals surface area (Å²) in [4.78, 5) is 30.8. The molecule has 0 atom stereocenters. The molecule has 2 aromatic carbocycles. The van der Waals surface area contributed by atoms with E-state index in [9.17, 15) is 9.59 Å². The van der Waals surface area contributed by atoms with Crippen LogP contribution in [0, 0.1) is 0 Å². The van der Waals surface area contributed by atoms with Crippen molar-refractivity contribution in [2.75, 3.05) is 12.8 Å². The maximum Gasteiger partial charge on any atom is 0.262 e. The SMILES string of the molecule is COc1cccc(-c2c(C(=O)c3ccccc3)c(=O)n(C)c3cncc(N)c23)c1. The number of nitrogens with zero attached hydrogens (tertiary/aromatic N) is 2. The van der Waals surface area contributed by atoms with Crippen molar-refractivity contribution in [3.63, 3.8) is 0 Å². The topological polar surface area (TPSA) is 87.2 Å². The first kappa shape index (κ1) is 18.4. The zero-order chi connectivity index (χ0) is 20.5. The Kier molecular flexibility index (Phi) is 4.60. The lowest BCUT2D eigenvalue weighted by Gasteiger charge is -2.17. The van der Waals surface area contributed by atoms with Gasteiger partial charge in [-0.15, -0.1) is 0 Å². The van der Waals surface area contributed by atoms with Gasteiger partial charge in [0, 0.05) is 23.6 Å². The third kappa shape index (κ3) is 3.04. The maximum atomic E-state index is 13.4. The minimum absolute atomic E-state index is 0.0670. The summed E-state index contributed by atoms with van der Waals surface area (Å²) in [6.45, 7) is 0. The number of methoxy groups -OCH3 is 1. The Morgan fingerprint density at radius 3 is 2.55 bits per heavy atom. The van der Waals surface area contributed by atoms with Crippen molar-refractivity contribution in [3.05, 3.63) is 88.5 Å². The molecule has 0 bridgehead atoms. The third-order valence-corrected chi connectivity index (χ3v) is 4.96. The van der Waals surface area contributed by atoms with Crippen LogP contribution in [0.1, 0.15) is 15.9 Å². The number of ketones is 1. The van der Waals surface area contributed by atoms with E-state index < -0.39 is 5.56 Å². The molecule has 0 saturated heterocycles. The van der Waals surface area contributed by atoms with Crippen LogP contribution in [0.3, 0.4) is 0 Å². The van der Waals surface area contributed by atoms with Gasteiger partial charge in [-0.2, -0.15) is 0 Å². The zero-order valence-corrected chi connectivity index (χ0v) is 16.0. The van der Waals surface area contributed by atoms with E-state index in [1.165, 1.54) is 10.8 Å². The third-order valence-electron chi connectivity index (χ3n) is 4.96. The van der Waals surface area contributed by atoms with Gasteiger partial charge >= 0.3 is 0 Å². The van der Waals surface area contributed by atoms with E-state index in [0.717, 1.165) is 0 Å². The van der Waals surface area contributed by atoms with Gasteiger partial charge in [-0.3, -0.25) is 14.6 Å². The fourth-order valence-corrected chi connectivity index (χ4v) is 3.51. The van der Waals surface area contributed by atoms with Gasteiger partial charge in [-0.25, -0.2) is 0 Å². The number of fused-ring (bicyclic) bond motifs is 1. The second-order valence-corrected chi connectivity index (χ2v) is 6.66. The average Bonchev–Trinajstić information content (AvgIpc) is 2.76. The number of anilines is 1. The molecule has 0 aliphatic heterocycles. The van der Waals surface area contributed by atoms with Crippen molar-refractivity contribution in [1.29, 1.82) is 0 Å². The summed E-state index contributed by atoms with van der Waals surface area (Å²) >= 11 is 0. The maximum absolute atomic E-state index is 13.4. The standard InChI is InChI=1S/C23H19N3O3/c1-26-18-13-25-12-17(24)20(18)19(15-9-6-10-16(11-15)29-2)21(23(26)28)22(27)14-7-4-3-5-8-14/h3-13H,24H2,1-2H3. The molecule has 0 unspecified atom stereocenters. The molecular weight excluding hydrogens is 366 g/mol. The molecule has 6 nitrogen and oxygen atoms in total. The number of benzene rings is 2. The lowest BCUT2D eigenvalue weighted by atomic mass is 9.91. The highest BCUT2D eigenvalue weighted by Crippen LogP contribution is 2.35. The Bertz CT molecular complexity index is 1290. The van der Waals surface area contributed by atoms with Crippen molar-refractivity contribution in [2.24, 2.45) is 7.05 Å². The van der Waals surface area contributed by atoms with E-state index in [4.69, 9.17) is 10.5 Å². The number of nitrogens with two attached hydrogens (primary N) is 1. The Morgan fingerprint density at radius 1 is 1.07 bits per heavy atom. The quantitative estimate of drug-likeness (QED) is 0.544. The van der Waals surface area contributed by atoms with Crippen molar-refractivity contribution >= 4 is 22.4 Å². The summed E-state index contributed by atoms with van der Waals surface area (Å²) in [5.74, 6) is 0.254. The number of carbonyl (C=O) groups excluding carboxylic acids is 1. The van der Waals surface area contributed by atoms with Crippen LogP contribution in [0.15, 0.2) is 71.8 Å². The number of carbonyl (C=O) groups is 1. The summed E-state index contributed by atoms with van der Waals surface area (Å²) in [6, 6.07) is 16.0. The summed E-state index contributed by atoms with van der Waals surface area (Å²) in [6.07, 6.45) is 3.10. The van der Waals surface area contributed by atoms with E-state index in [0.29, 0.717) is 39.0 Å². The van der Waals surface area contributed by atoms with Gasteiger partial charge in [0.15, 0.2) is 5.78 Å². The Balaban J connectivity index is 2.17. The molecular formula is C23H19N3O3. The Labute approximate surface area is 167 Å². The first-order valence-electron chi connectivity index (χ1n) is 9.03. The molecule has 0 spiro atoms. The van der Waals surface area contributed by atoms with Crippen LogP contribution >= 0.6 is 0 Å². The number of aryl methyl sites for hydroxylation is 1. The first-order chi connectivity index (χ1) is 14.0. The molecule has 29 heavy (non-hydrogen) atoms. The number of nitrogen functional groups attached to an aromatic ring is 1. The summed E-state index contributed by atoms with van der Waals surface area (Å²) in [5, 5.41) is 0.606. The second-order valence-electron chi connectivity index (χ2n) is 6.66. The molecule has 4 rings (SSSR count). The fraction of sp³-hybridized carbons (Fsp3) is 0.0870. The smallest absolute Gasteiger partial charge is 0.262 e. The molecule has 2 heterocycles. The molecule has 2 aromatic heterocycles. The van der Waals surface area contributed by atoms with Crippen molar-refractivity contribution in [3.8, 4) is 16.9 Å². The number of pyridine rings is 2. The zero-order valence-electron chi connectivity index (χ0n) is 16.0. The molecule has 0 aliphatic carbocycles. The molecule has 2 N–H and O–H groups in total. The fourth-order valence-electron chi connectivity index (χ4n) is 3.51. The average molecular weight is 385 g/mol. The highest BCUT2D eigenvalue weighted by atomic mass is 16.5. The number of hydrogen-bond acceptors (Lipinski definition) is 5. The first-order valence-corrected chi connectivity index (χ1v) is 9.03. The second kappa shape index (κ2) is 7.24. The largest absolute Gasteiger partial charge is 0.497 e. The number of hydrogen-bond donors (Lipinski definition) is 1. The molecule has 0 radical (unpaired) electrons. The van der Waals surface area contributed by atoms with Crippen LogP contribution in [0.25, 0.3) is 22.0 Å². The van der Waals surface area contributed by atoms with Gasteiger partial charge in [-0.05, 0) is 17.7 Å². The molecule has 6 heteroatoms. The van der Waals surface area contributed by atoms with Crippen LogP contribution in [-0.2, 0) is 7.05 Å². The number of ether oxygens (including phenoxy) is 1. The molecule has 0 fully saturated rings. The van der Waals surface area contributed by atoms with Gasteiger partial charge in [0.2, 0.25) is 0 Å². The van der Waals surface area contributed by atoms with Gasteiger partial charge < -0.3 is 15.0 Å². The van der Waals surface area contributed by atoms with Crippen LogP contribution in [0.2, 0.25) is 0 Å². The van der Waals surface area contributed by atoms with E-state index >= 15 is 0 Å². The van der Waals surface area contributed by atoms with Crippen molar-refractivity contribution < 1.29 is 9.53 Å². The summed E-state index contributed by atoms with van der Waals surface area (Å²) in [5.41, 5.74) is 8.46. The van der Waals surface area contributed by atoms with E-state index in [2.05, 4.69) is 4.98 Å². The molecule has 0 amide bonds. The molecule has 0 saturated carbocycles. The van der Waals surface area contributed by atoms with Gasteiger partial charge in [0.1, 0.15) is 5.75 Å². The minimum Gasteiger partial charge on any atom is -0.497 e. The van der Waals surface area contributed by atoms with Crippen LogP contribution in [0.5, 0.6) is 5.75 Å². The minimum atomic E-state index is -0.406. The van der Waals surface area contributed by atoms with Crippen molar-refractivity contribution in [2.45, 2.75) is 0 Å². The van der Waals surface area contributed by atoms with E-state index in [-0.39, 0.29) is 11.3 Å². The number of aromatic nitrogens is 2. The normalized spacial score (nSPS) is 10.8. The number of rotatable bonds is 4. The predicted octanol–water partition coefficient (Wildman–Crippen LogP) is 3.42. The molecule has 4 aromatic rings. The lowest BCUT2D eigenvalue weighted by Crippen LogP contribution is -2.27. The highest BCUT2D eigenvalue weighted by molar-refractivity contribution is 6.18. The summed E-state index contributed by atoms with van der Waals surface area (Å²) in [7, 11) is 3.18. The van der Waals surface area contributed by atoms with E-state index in [1.54, 1.807) is 56.8 Å². The van der Waals surface area contributed by atoms with Gasteiger partial charge in [0.05, 0.1) is 36.3 Å². The predicted molar refractivity (Wildman–Crippen MR) is 113 cm³/mol. The van der Waals surface area contributed by atoms with Crippen molar-refractivity contribution in [1.82, 2.24) is 9.55 Å². The van der Waals surface area contributed by atoms with Crippen LogP contribution in [0.4, 0.5) is 5.69 Å². The Hall–Kier alpha value is -3.93. The Morgan fingerprint density at radius 2 is 1.83 bits per heavy atom. The summed E-state index contributed by atoms with van der Waals surface area (Å²) < 4.78 is 6.76. The van der Waals surface area contributed by atoms with Crippen LogP contribution < -0.4 is 16.0 Å². The molecule has 0 aliphatic rings. The monoisotopic (exact) mass is 385 g/mol. The van der Waals surface area contributed by atoms with Crippen LogP contribution in [-0.4, -0.2) is 22.4 Å². The molecule has 144 valence electrons. The highest BCUT2D eigenvalue weighted by Gasteiger charge is 2.25. The van der Waals surface area contributed by atoms with Gasteiger partial charge in [-0.1, -0.05) is 42.5 Å². The van der Waals surface area contributed by atoms with E-state index in [1.807, 2.05) is 18.2 Å².